The predicted octanol–water partition coefficient (Wildman–Crippen LogP) is 4.99. The van der Waals surface area contributed by atoms with E-state index in [1.807, 2.05) is 67.8 Å². The van der Waals surface area contributed by atoms with Gasteiger partial charge >= 0.3 is 0 Å². The Labute approximate surface area is 183 Å². The van der Waals surface area contributed by atoms with Crippen LogP contribution in [0.3, 0.4) is 0 Å². The molecule has 6 nitrogen and oxygen atoms in total. The van der Waals surface area contributed by atoms with Crippen molar-refractivity contribution in [3.63, 3.8) is 0 Å². The summed E-state index contributed by atoms with van der Waals surface area (Å²) in [7, 11) is 0. The van der Waals surface area contributed by atoms with E-state index >= 15 is 0 Å². The number of ether oxygens (including phenoxy) is 1. The highest BCUT2D eigenvalue weighted by Crippen LogP contribution is 2.21. The molecule has 3 aromatic rings. The average Bonchev–Trinajstić information content (AvgIpc) is 3.10. The van der Waals surface area contributed by atoms with Crippen molar-refractivity contribution in [1.29, 1.82) is 0 Å². The fourth-order valence-corrected chi connectivity index (χ4v) is 3.80. The van der Waals surface area contributed by atoms with E-state index in [1.165, 1.54) is 11.8 Å². The Morgan fingerprint density at radius 2 is 1.93 bits per heavy atom. The van der Waals surface area contributed by atoms with E-state index in [2.05, 4.69) is 31.4 Å². The molecule has 152 valence electrons. The van der Waals surface area contributed by atoms with Crippen LogP contribution in [-0.2, 0) is 17.9 Å². The Hall–Kier alpha value is -2.32. The number of aryl methyl sites for hydroxylation is 2. The number of hydrogen-bond acceptors (Lipinski definition) is 5. The number of thioether (sulfide) groups is 1. The van der Waals surface area contributed by atoms with Crippen LogP contribution in [0.1, 0.15) is 23.9 Å². The largest absolute Gasteiger partial charge is 0.486 e. The SMILES string of the molecule is CCn1c(COc2ccc(Br)cc2)nnc1SCC(=O)Nc1cc(C)ccc1C. The highest BCUT2D eigenvalue weighted by Gasteiger charge is 2.14. The smallest absolute Gasteiger partial charge is 0.234 e. The number of aromatic nitrogens is 3. The molecule has 0 fully saturated rings. The molecule has 3 rings (SSSR count). The van der Waals surface area contributed by atoms with Crippen molar-refractivity contribution in [1.82, 2.24) is 14.8 Å². The average molecular weight is 475 g/mol. The Morgan fingerprint density at radius 1 is 1.17 bits per heavy atom. The van der Waals surface area contributed by atoms with Crippen molar-refractivity contribution in [3.8, 4) is 5.75 Å². The number of anilines is 1. The summed E-state index contributed by atoms with van der Waals surface area (Å²) in [6, 6.07) is 13.6. The number of carbonyl (C=O) groups excluding carboxylic acids is 1. The molecule has 0 aliphatic rings. The van der Waals surface area contributed by atoms with Crippen LogP contribution in [-0.4, -0.2) is 26.4 Å². The van der Waals surface area contributed by atoms with Gasteiger partial charge in [0.2, 0.25) is 5.91 Å². The Morgan fingerprint density at radius 3 is 2.66 bits per heavy atom. The molecule has 0 atom stereocenters. The number of carbonyl (C=O) groups is 1. The summed E-state index contributed by atoms with van der Waals surface area (Å²) in [4.78, 5) is 12.4. The minimum absolute atomic E-state index is 0.0676. The third-order valence-electron chi connectivity index (χ3n) is 4.29. The lowest BCUT2D eigenvalue weighted by molar-refractivity contribution is -0.113. The topological polar surface area (TPSA) is 69.0 Å². The second kappa shape index (κ2) is 9.93. The summed E-state index contributed by atoms with van der Waals surface area (Å²) in [5.41, 5.74) is 2.99. The molecule has 0 radical (unpaired) electrons. The van der Waals surface area contributed by atoms with Gasteiger partial charge in [0.1, 0.15) is 12.4 Å². The Kier molecular flexibility index (Phi) is 7.33. The van der Waals surface area contributed by atoms with Gasteiger partial charge in [-0.1, -0.05) is 39.8 Å². The molecular formula is C21H23BrN4O2S. The van der Waals surface area contributed by atoms with E-state index in [9.17, 15) is 4.79 Å². The van der Waals surface area contributed by atoms with Crippen molar-refractivity contribution in [2.75, 3.05) is 11.1 Å². The van der Waals surface area contributed by atoms with Crippen LogP contribution in [0.4, 0.5) is 5.69 Å². The summed E-state index contributed by atoms with van der Waals surface area (Å²) >= 11 is 4.78. The van der Waals surface area contributed by atoms with Crippen LogP contribution in [0.15, 0.2) is 52.1 Å². The minimum atomic E-state index is -0.0676. The fraction of sp³-hybridized carbons (Fsp3) is 0.286. The maximum absolute atomic E-state index is 12.4. The molecule has 0 spiro atoms. The summed E-state index contributed by atoms with van der Waals surface area (Å²) < 4.78 is 8.77. The number of nitrogens with one attached hydrogen (secondary N) is 1. The lowest BCUT2D eigenvalue weighted by atomic mass is 10.1. The maximum Gasteiger partial charge on any atom is 0.234 e. The van der Waals surface area contributed by atoms with E-state index < -0.39 is 0 Å². The van der Waals surface area contributed by atoms with E-state index in [-0.39, 0.29) is 11.7 Å². The normalized spacial score (nSPS) is 10.8. The molecule has 1 amide bonds. The summed E-state index contributed by atoms with van der Waals surface area (Å²) in [6.07, 6.45) is 0. The van der Waals surface area contributed by atoms with Gasteiger partial charge in [-0.15, -0.1) is 10.2 Å². The summed E-state index contributed by atoms with van der Waals surface area (Å²) in [5, 5.41) is 12.1. The maximum atomic E-state index is 12.4. The molecule has 0 aliphatic carbocycles. The molecule has 1 heterocycles. The number of rotatable bonds is 8. The Bertz CT molecular complexity index is 989. The molecule has 29 heavy (non-hydrogen) atoms. The van der Waals surface area contributed by atoms with Gasteiger partial charge in [0.25, 0.3) is 0 Å². The van der Waals surface area contributed by atoms with Gasteiger partial charge in [-0.05, 0) is 62.2 Å². The van der Waals surface area contributed by atoms with Crippen LogP contribution in [0.2, 0.25) is 0 Å². The molecule has 2 aromatic carbocycles. The summed E-state index contributed by atoms with van der Waals surface area (Å²) in [5.74, 6) is 1.69. The molecule has 0 bridgehead atoms. The third kappa shape index (κ3) is 5.83. The molecule has 0 unspecified atom stereocenters. The van der Waals surface area contributed by atoms with Gasteiger partial charge in [0.05, 0.1) is 5.75 Å². The minimum Gasteiger partial charge on any atom is -0.486 e. The van der Waals surface area contributed by atoms with Crippen molar-refractivity contribution in [2.24, 2.45) is 0 Å². The molecular weight excluding hydrogens is 452 g/mol. The van der Waals surface area contributed by atoms with Gasteiger partial charge in [0.15, 0.2) is 11.0 Å². The number of hydrogen-bond donors (Lipinski definition) is 1. The zero-order chi connectivity index (χ0) is 20.8. The van der Waals surface area contributed by atoms with Gasteiger partial charge in [0, 0.05) is 16.7 Å². The van der Waals surface area contributed by atoms with Crippen LogP contribution >= 0.6 is 27.7 Å². The van der Waals surface area contributed by atoms with Crippen molar-refractivity contribution < 1.29 is 9.53 Å². The standard InChI is InChI=1S/C21H23BrN4O2S/c1-4-26-19(12-28-17-9-7-16(22)8-10-17)24-25-21(26)29-13-20(27)23-18-11-14(2)5-6-15(18)3/h5-11H,4,12-13H2,1-3H3,(H,23,27). The quantitative estimate of drug-likeness (QED) is 0.465. The number of amides is 1. The monoisotopic (exact) mass is 474 g/mol. The first kappa shape index (κ1) is 21.4. The van der Waals surface area contributed by atoms with E-state index in [4.69, 9.17) is 4.74 Å². The zero-order valence-corrected chi connectivity index (χ0v) is 19.0. The summed E-state index contributed by atoms with van der Waals surface area (Å²) in [6.45, 7) is 7.02. The molecule has 1 aromatic heterocycles. The van der Waals surface area contributed by atoms with Crippen molar-refractivity contribution in [2.45, 2.75) is 39.1 Å². The number of halogens is 1. The fourth-order valence-electron chi connectivity index (χ4n) is 2.72. The first-order chi connectivity index (χ1) is 14.0. The molecule has 0 saturated heterocycles. The van der Waals surface area contributed by atoms with E-state index in [1.54, 1.807) is 0 Å². The van der Waals surface area contributed by atoms with Gasteiger partial charge < -0.3 is 14.6 Å². The lowest BCUT2D eigenvalue weighted by Gasteiger charge is -2.10. The highest BCUT2D eigenvalue weighted by molar-refractivity contribution is 9.10. The zero-order valence-electron chi connectivity index (χ0n) is 16.6. The predicted molar refractivity (Wildman–Crippen MR) is 119 cm³/mol. The molecule has 8 heteroatoms. The van der Waals surface area contributed by atoms with Crippen LogP contribution in [0, 0.1) is 13.8 Å². The lowest BCUT2D eigenvalue weighted by Crippen LogP contribution is -2.15. The number of nitrogens with zero attached hydrogens (tertiary/aromatic N) is 3. The second-order valence-electron chi connectivity index (χ2n) is 6.54. The van der Waals surface area contributed by atoms with Gasteiger partial charge in [-0.25, -0.2) is 0 Å². The van der Waals surface area contributed by atoms with E-state index in [0.29, 0.717) is 18.3 Å². The van der Waals surface area contributed by atoms with Crippen molar-refractivity contribution in [3.05, 3.63) is 63.9 Å². The third-order valence-corrected chi connectivity index (χ3v) is 5.79. The second-order valence-corrected chi connectivity index (χ2v) is 8.40. The first-order valence-electron chi connectivity index (χ1n) is 9.26. The van der Waals surface area contributed by atoms with Crippen LogP contribution in [0.5, 0.6) is 5.75 Å². The van der Waals surface area contributed by atoms with Crippen molar-refractivity contribution >= 4 is 39.3 Å². The van der Waals surface area contributed by atoms with Gasteiger partial charge in [-0.2, -0.15) is 0 Å². The van der Waals surface area contributed by atoms with E-state index in [0.717, 1.165) is 32.9 Å². The Balaban J connectivity index is 1.58. The first-order valence-corrected chi connectivity index (χ1v) is 11.0. The van der Waals surface area contributed by atoms with Crippen LogP contribution < -0.4 is 10.1 Å². The molecule has 0 aliphatic heterocycles. The number of benzene rings is 2. The molecule has 1 N–H and O–H groups in total. The van der Waals surface area contributed by atoms with Crippen LogP contribution in [0.25, 0.3) is 0 Å². The van der Waals surface area contributed by atoms with Gasteiger partial charge in [-0.3, -0.25) is 4.79 Å². The highest BCUT2D eigenvalue weighted by atomic mass is 79.9. The molecule has 0 saturated carbocycles.